The van der Waals surface area contributed by atoms with Gasteiger partial charge in [-0.3, -0.25) is 4.79 Å². The minimum Gasteiger partial charge on any atom is -0.469 e. The van der Waals surface area contributed by atoms with Crippen molar-refractivity contribution in [1.29, 1.82) is 0 Å². The van der Waals surface area contributed by atoms with Crippen molar-refractivity contribution in [2.75, 3.05) is 12.4 Å². The Kier molecular flexibility index (Phi) is 4.99. The largest absolute Gasteiger partial charge is 0.469 e. The second kappa shape index (κ2) is 6.93. The average molecular weight is 283 g/mol. The number of carbonyl (C=O) groups is 1. The summed E-state index contributed by atoms with van der Waals surface area (Å²) in [5.41, 5.74) is 3.30. The number of esters is 1. The zero-order chi connectivity index (χ0) is 15.2. The first-order valence-electron chi connectivity index (χ1n) is 7.12. The van der Waals surface area contributed by atoms with Gasteiger partial charge in [0.15, 0.2) is 0 Å². The van der Waals surface area contributed by atoms with E-state index >= 15 is 0 Å². The molecule has 0 bridgehead atoms. The molecule has 0 spiro atoms. The highest BCUT2D eigenvalue weighted by Crippen LogP contribution is 2.28. The molecule has 0 fully saturated rings. The molecule has 0 aromatic heterocycles. The first-order valence-corrected chi connectivity index (χ1v) is 7.12. The highest BCUT2D eigenvalue weighted by atomic mass is 16.5. The molecule has 2 atom stereocenters. The van der Waals surface area contributed by atoms with E-state index in [0.717, 1.165) is 16.8 Å². The van der Waals surface area contributed by atoms with Gasteiger partial charge in [0, 0.05) is 17.3 Å². The fourth-order valence-electron chi connectivity index (χ4n) is 2.24. The molecule has 0 radical (unpaired) electrons. The lowest BCUT2D eigenvalue weighted by Gasteiger charge is -2.22. The first kappa shape index (κ1) is 15.1. The standard InChI is InChI=1S/C18H21NO2/c1-13(18(20)21-3)14(2)19-17-12-8-7-11-16(17)15-9-5-4-6-10-15/h4-14,19H,1-3H3. The average Bonchev–Trinajstić information content (AvgIpc) is 2.54. The summed E-state index contributed by atoms with van der Waals surface area (Å²) < 4.78 is 4.81. The second-order valence-electron chi connectivity index (χ2n) is 5.16. The van der Waals surface area contributed by atoms with Gasteiger partial charge in [0.05, 0.1) is 13.0 Å². The number of rotatable bonds is 5. The van der Waals surface area contributed by atoms with E-state index in [2.05, 4.69) is 23.5 Å². The number of hydrogen-bond acceptors (Lipinski definition) is 3. The number of anilines is 1. The first-order chi connectivity index (χ1) is 10.1. The molecular formula is C18H21NO2. The van der Waals surface area contributed by atoms with Gasteiger partial charge in [0.1, 0.15) is 0 Å². The summed E-state index contributed by atoms with van der Waals surface area (Å²) in [5.74, 6) is -0.411. The van der Waals surface area contributed by atoms with Crippen molar-refractivity contribution in [2.24, 2.45) is 5.92 Å². The number of carbonyl (C=O) groups excluding carboxylic acids is 1. The summed E-state index contributed by atoms with van der Waals surface area (Å²) in [6.45, 7) is 3.86. The van der Waals surface area contributed by atoms with Gasteiger partial charge in [-0.1, -0.05) is 48.5 Å². The summed E-state index contributed by atoms with van der Waals surface area (Å²) in [6, 6.07) is 18.3. The molecule has 0 aliphatic heterocycles. The Morgan fingerprint density at radius 2 is 1.62 bits per heavy atom. The SMILES string of the molecule is COC(=O)C(C)C(C)Nc1ccccc1-c1ccccc1. The van der Waals surface area contributed by atoms with Crippen LogP contribution in [-0.4, -0.2) is 19.1 Å². The molecule has 2 rings (SSSR count). The third-order valence-corrected chi connectivity index (χ3v) is 3.72. The summed E-state index contributed by atoms with van der Waals surface area (Å²) >= 11 is 0. The van der Waals surface area contributed by atoms with Gasteiger partial charge in [-0.2, -0.15) is 0 Å². The minimum absolute atomic E-state index is 0.0117. The van der Waals surface area contributed by atoms with E-state index in [1.54, 1.807) is 0 Å². The monoisotopic (exact) mass is 283 g/mol. The van der Waals surface area contributed by atoms with Crippen LogP contribution in [0.2, 0.25) is 0 Å². The van der Waals surface area contributed by atoms with Crippen molar-refractivity contribution in [2.45, 2.75) is 19.9 Å². The van der Waals surface area contributed by atoms with E-state index in [1.807, 2.05) is 50.2 Å². The third-order valence-electron chi connectivity index (χ3n) is 3.72. The maximum atomic E-state index is 11.6. The van der Waals surface area contributed by atoms with Gasteiger partial charge in [0.2, 0.25) is 0 Å². The lowest BCUT2D eigenvalue weighted by Crippen LogP contribution is -2.30. The summed E-state index contributed by atoms with van der Waals surface area (Å²) in [4.78, 5) is 11.6. The predicted octanol–water partition coefficient (Wildman–Crippen LogP) is 3.96. The summed E-state index contributed by atoms with van der Waals surface area (Å²) in [6.07, 6.45) is 0. The molecule has 2 unspecified atom stereocenters. The van der Waals surface area contributed by atoms with Crippen molar-refractivity contribution in [3.63, 3.8) is 0 Å². The van der Waals surface area contributed by atoms with E-state index in [-0.39, 0.29) is 17.9 Å². The van der Waals surface area contributed by atoms with Crippen LogP contribution in [0, 0.1) is 5.92 Å². The maximum Gasteiger partial charge on any atom is 0.310 e. The number of benzene rings is 2. The number of hydrogen-bond donors (Lipinski definition) is 1. The van der Waals surface area contributed by atoms with Crippen molar-refractivity contribution < 1.29 is 9.53 Å². The lowest BCUT2D eigenvalue weighted by atomic mass is 10.0. The van der Waals surface area contributed by atoms with Crippen LogP contribution in [0.3, 0.4) is 0 Å². The smallest absolute Gasteiger partial charge is 0.310 e. The van der Waals surface area contributed by atoms with Crippen molar-refractivity contribution >= 4 is 11.7 Å². The van der Waals surface area contributed by atoms with Crippen LogP contribution >= 0.6 is 0 Å². The van der Waals surface area contributed by atoms with Crippen LogP contribution in [-0.2, 0) is 9.53 Å². The molecule has 0 aliphatic rings. The van der Waals surface area contributed by atoms with Crippen LogP contribution in [0.15, 0.2) is 54.6 Å². The zero-order valence-electron chi connectivity index (χ0n) is 12.7. The fourth-order valence-corrected chi connectivity index (χ4v) is 2.24. The Labute approximate surface area is 126 Å². The van der Waals surface area contributed by atoms with Crippen LogP contribution in [0.25, 0.3) is 11.1 Å². The Bertz CT molecular complexity index is 595. The van der Waals surface area contributed by atoms with E-state index in [1.165, 1.54) is 7.11 Å². The third kappa shape index (κ3) is 3.63. The molecule has 0 amide bonds. The normalized spacial score (nSPS) is 13.3. The molecule has 2 aromatic carbocycles. The Morgan fingerprint density at radius 3 is 2.29 bits per heavy atom. The van der Waals surface area contributed by atoms with Crippen LogP contribution in [0.4, 0.5) is 5.69 Å². The Balaban J connectivity index is 2.23. The van der Waals surface area contributed by atoms with Crippen molar-refractivity contribution in [3.8, 4) is 11.1 Å². The van der Waals surface area contributed by atoms with Gasteiger partial charge in [0.25, 0.3) is 0 Å². The quantitative estimate of drug-likeness (QED) is 0.844. The lowest BCUT2D eigenvalue weighted by molar-refractivity contribution is -0.145. The van der Waals surface area contributed by atoms with E-state index in [4.69, 9.17) is 4.74 Å². The van der Waals surface area contributed by atoms with Gasteiger partial charge in [-0.05, 0) is 25.5 Å². The highest BCUT2D eigenvalue weighted by molar-refractivity contribution is 5.79. The number of methoxy groups -OCH3 is 1. The summed E-state index contributed by atoms with van der Waals surface area (Å²) in [7, 11) is 1.42. The molecular weight excluding hydrogens is 262 g/mol. The number of para-hydroxylation sites is 1. The van der Waals surface area contributed by atoms with Gasteiger partial charge < -0.3 is 10.1 Å². The maximum absolute atomic E-state index is 11.6. The van der Waals surface area contributed by atoms with Crippen molar-refractivity contribution in [1.82, 2.24) is 0 Å². The van der Waals surface area contributed by atoms with E-state index in [9.17, 15) is 4.79 Å². The molecule has 0 aliphatic carbocycles. The molecule has 3 heteroatoms. The topological polar surface area (TPSA) is 38.3 Å². The second-order valence-corrected chi connectivity index (χ2v) is 5.16. The molecule has 21 heavy (non-hydrogen) atoms. The van der Waals surface area contributed by atoms with E-state index < -0.39 is 0 Å². The van der Waals surface area contributed by atoms with E-state index in [0.29, 0.717) is 0 Å². The fraction of sp³-hybridized carbons (Fsp3) is 0.278. The van der Waals surface area contributed by atoms with Crippen molar-refractivity contribution in [3.05, 3.63) is 54.6 Å². The van der Waals surface area contributed by atoms with Crippen LogP contribution < -0.4 is 5.32 Å². The van der Waals surface area contributed by atoms with Gasteiger partial charge in [-0.15, -0.1) is 0 Å². The molecule has 0 heterocycles. The van der Waals surface area contributed by atoms with Gasteiger partial charge in [-0.25, -0.2) is 0 Å². The minimum atomic E-state index is -0.209. The number of ether oxygens (including phenoxy) is 1. The van der Waals surface area contributed by atoms with Gasteiger partial charge >= 0.3 is 5.97 Å². The van der Waals surface area contributed by atoms with Crippen LogP contribution in [0.5, 0.6) is 0 Å². The highest BCUT2D eigenvalue weighted by Gasteiger charge is 2.21. The summed E-state index contributed by atoms with van der Waals surface area (Å²) in [5, 5.41) is 3.42. The molecule has 1 N–H and O–H groups in total. The molecule has 2 aromatic rings. The Hall–Kier alpha value is -2.29. The molecule has 0 saturated heterocycles. The predicted molar refractivity (Wildman–Crippen MR) is 86.1 cm³/mol. The molecule has 0 saturated carbocycles. The zero-order valence-corrected chi connectivity index (χ0v) is 12.7. The Morgan fingerprint density at radius 1 is 1.00 bits per heavy atom. The van der Waals surface area contributed by atoms with Crippen LogP contribution in [0.1, 0.15) is 13.8 Å². The molecule has 110 valence electrons. The molecule has 3 nitrogen and oxygen atoms in total. The number of nitrogens with one attached hydrogen (secondary N) is 1.